The van der Waals surface area contributed by atoms with Crippen molar-refractivity contribution in [2.24, 2.45) is 34.5 Å². The van der Waals surface area contributed by atoms with E-state index in [0.29, 0.717) is 13.0 Å². The molecule has 6 aliphatic rings. The SMILES string of the molecule is CCN1C[C@]2(COC)CC[C@H](OC)[C@]34C1[C@@](O)([C@@H](OC)[C@H]23)[C@@]1(O)C[C@H](OC)[C@H]2C[C@@H]4[C@@H]1[C@H]2O. The molecule has 8 heteroatoms. The maximum absolute atomic E-state index is 12.9. The molecule has 1 aliphatic heterocycles. The van der Waals surface area contributed by atoms with E-state index in [1.165, 1.54) is 0 Å². The van der Waals surface area contributed by atoms with Gasteiger partial charge in [-0.1, -0.05) is 6.92 Å². The molecule has 0 radical (unpaired) electrons. The molecule has 5 aliphatic carbocycles. The minimum Gasteiger partial charge on any atom is -0.392 e. The molecule has 7 bridgehead atoms. The van der Waals surface area contributed by atoms with Crippen molar-refractivity contribution in [2.75, 3.05) is 48.1 Å². The lowest BCUT2D eigenvalue weighted by Crippen LogP contribution is -2.82. The Kier molecular flexibility index (Phi) is 4.99. The topological polar surface area (TPSA) is 101 Å². The van der Waals surface area contributed by atoms with Gasteiger partial charge in [0.15, 0.2) is 0 Å². The second-order valence-electron chi connectivity index (χ2n) is 11.9. The van der Waals surface area contributed by atoms with Crippen molar-refractivity contribution in [3.8, 4) is 0 Å². The second-order valence-corrected chi connectivity index (χ2v) is 11.9. The van der Waals surface area contributed by atoms with Crippen LogP contribution in [0.1, 0.15) is 32.6 Å². The molecule has 33 heavy (non-hydrogen) atoms. The molecule has 1 spiro atoms. The van der Waals surface area contributed by atoms with Gasteiger partial charge in [0.1, 0.15) is 11.2 Å². The molecule has 1 saturated heterocycles. The summed E-state index contributed by atoms with van der Waals surface area (Å²) in [4.78, 5) is 2.38. The van der Waals surface area contributed by atoms with E-state index >= 15 is 0 Å². The summed E-state index contributed by atoms with van der Waals surface area (Å²) in [6.45, 7) is 4.28. The smallest absolute Gasteiger partial charge is 0.136 e. The molecule has 1 heterocycles. The number of fused-ring (bicyclic) bond motifs is 2. The van der Waals surface area contributed by atoms with Crippen molar-refractivity contribution < 1.29 is 34.3 Å². The zero-order valence-corrected chi connectivity index (χ0v) is 20.6. The highest BCUT2D eigenvalue weighted by Crippen LogP contribution is 2.80. The molecular formula is C25H41NO7. The quantitative estimate of drug-likeness (QED) is 0.512. The first kappa shape index (κ1) is 23.1. The number of hydrogen-bond acceptors (Lipinski definition) is 8. The van der Waals surface area contributed by atoms with E-state index < -0.39 is 34.7 Å². The molecule has 0 aromatic rings. The molecule has 3 N–H and O–H groups in total. The number of likely N-dealkylation sites (N-methyl/N-ethyl adjacent to an activating group) is 1. The molecule has 6 fully saturated rings. The fourth-order valence-corrected chi connectivity index (χ4v) is 11.0. The molecule has 6 rings (SSSR count). The fourth-order valence-electron chi connectivity index (χ4n) is 11.0. The van der Waals surface area contributed by atoms with E-state index in [1.54, 1.807) is 28.4 Å². The predicted octanol–water partition coefficient (Wildman–Crippen LogP) is 0.271. The molecule has 8 nitrogen and oxygen atoms in total. The third kappa shape index (κ3) is 2.20. The monoisotopic (exact) mass is 467 g/mol. The van der Waals surface area contributed by atoms with Crippen LogP contribution in [0.3, 0.4) is 0 Å². The summed E-state index contributed by atoms with van der Waals surface area (Å²) in [5.74, 6) is -0.492. The Labute approximate surface area is 196 Å². The molecule has 1 unspecified atom stereocenters. The number of piperidine rings is 1. The average Bonchev–Trinajstić information content (AvgIpc) is 3.16. The van der Waals surface area contributed by atoms with E-state index in [0.717, 1.165) is 32.4 Å². The fraction of sp³-hybridized carbons (Fsp3) is 1.00. The van der Waals surface area contributed by atoms with Crippen LogP contribution in [0.25, 0.3) is 0 Å². The third-order valence-corrected chi connectivity index (χ3v) is 11.5. The van der Waals surface area contributed by atoms with Crippen molar-refractivity contribution >= 4 is 0 Å². The highest BCUT2D eigenvalue weighted by molar-refractivity contribution is 5.41. The summed E-state index contributed by atoms with van der Waals surface area (Å²) in [5, 5.41) is 37.1. The van der Waals surface area contributed by atoms with Gasteiger partial charge in [0.2, 0.25) is 0 Å². The number of rotatable bonds is 6. The Morgan fingerprint density at radius 3 is 2.42 bits per heavy atom. The first-order chi connectivity index (χ1) is 15.8. The summed E-state index contributed by atoms with van der Waals surface area (Å²) >= 11 is 0. The van der Waals surface area contributed by atoms with Gasteiger partial charge in [-0.15, -0.1) is 0 Å². The van der Waals surface area contributed by atoms with Crippen LogP contribution < -0.4 is 0 Å². The number of ether oxygens (including phenoxy) is 4. The molecule has 0 amide bonds. The summed E-state index contributed by atoms with van der Waals surface area (Å²) in [5.41, 5.74) is -3.70. The van der Waals surface area contributed by atoms with Gasteiger partial charge in [0, 0.05) is 70.0 Å². The highest BCUT2D eigenvalue weighted by Gasteiger charge is 2.91. The molecule has 5 saturated carbocycles. The number of likely N-dealkylation sites (tertiary alicyclic amines) is 1. The third-order valence-electron chi connectivity index (χ3n) is 11.5. The minimum absolute atomic E-state index is 0.00825. The van der Waals surface area contributed by atoms with Crippen molar-refractivity contribution in [3.05, 3.63) is 0 Å². The van der Waals surface area contributed by atoms with E-state index in [2.05, 4.69) is 11.8 Å². The summed E-state index contributed by atoms with van der Waals surface area (Å²) in [6, 6.07) is -0.312. The Hall–Kier alpha value is -0.320. The van der Waals surface area contributed by atoms with Crippen molar-refractivity contribution in [1.29, 1.82) is 0 Å². The Balaban J connectivity index is 1.68. The van der Waals surface area contributed by atoms with Crippen LogP contribution in [0.4, 0.5) is 0 Å². The second kappa shape index (κ2) is 7.13. The first-order valence-corrected chi connectivity index (χ1v) is 12.7. The van der Waals surface area contributed by atoms with Gasteiger partial charge in [-0.2, -0.15) is 0 Å². The molecule has 13 atom stereocenters. The zero-order valence-electron chi connectivity index (χ0n) is 20.6. The Morgan fingerprint density at radius 2 is 1.82 bits per heavy atom. The van der Waals surface area contributed by atoms with Gasteiger partial charge in [-0.05, 0) is 31.7 Å². The zero-order chi connectivity index (χ0) is 23.6. The Morgan fingerprint density at radius 1 is 1.06 bits per heavy atom. The van der Waals surface area contributed by atoms with Gasteiger partial charge in [-0.3, -0.25) is 4.90 Å². The number of aliphatic hydroxyl groups is 3. The Bertz CT molecular complexity index is 814. The lowest BCUT2D eigenvalue weighted by atomic mass is 9.42. The normalized spacial score (nSPS) is 60.9. The molecular weight excluding hydrogens is 426 g/mol. The summed E-state index contributed by atoms with van der Waals surface area (Å²) in [6.07, 6.45) is 1.21. The molecule has 188 valence electrons. The van der Waals surface area contributed by atoms with Crippen LogP contribution in [0, 0.1) is 34.5 Å². The summed E-state index contributed by atoms with van der Waals surface area (Å²) in [7, 11) is 6.85. The van der Waals surface area contributed by atoms with Crippen LogP contribution >= 0.6 is 0 Å². The van der Waals surface area contributed by atoms with Crippen LogP contribution in [-0.2, 0) is 18.9 Å². The number of aliphatic hydroxyl groups excluding tert-OH is 1. The molecule has 0 aromatic carbocycles. The van der Waals surface area contributed by atoms with E-state index in [-0.39, 0.29) is 41.4 Å². The van der Waals surface area contributed by atoms with Crippen LogP contribution in [0.15, 0.2) is 0 Å². The van der Waals surface area contributed by atoms with Gasteiger partial charge >= 0.3 is 0 Å². The van der Waals surface area contributed by atoms with Crippen molar-refractivity contribution in [1.82, 2.24) is 4.90 Å². The minimum atomic E-state index is -1.55. The maximum atomic E-state index is 12.9. The largest absolute Gasteiger partial charge is 0.392 e. The standard InChI is InChI=1S/C25H41NO7/c1-6-26-11-22(12-30-2)8-7-16(32-4)24-14-9-13-15(31-3)10-23(28,17(14)18(13)27)25(29,21(24)26)20(33-5)19(22)24/h13-21,27-29H,6-12H2,1-5H3/t13-,14-,15+,16+,17-,18+,19-,20+,21?,22+,23-,24+,25+/m1/s1. The number of methoxy groups -OCH3 is 4. The van der Waals surface area contributed by atoms with Gasteiger partial charge in [-0.25, -0.2) is 0 Å². The van der Waals surface area contributed by atoms with Crippen molar-refractivity contribution in [2.45, 2.75) is 74.3 Å². The highest BCUT2D eigenvalue weighted by atomic mass is 16.5. The van der Waals surface area contributed by atoms with E-state index in [1.807, 2.05) is 0 Å². The van der Waals surface area contributed by atoms with Crippen LogP contribution in [0.5, 0.6) is 0 Å². The number of hydrogen-bond donors (Lipinski definition) is 3. The van der Waals surface area contributed by atoms with Gasteiger partial charge < -0.3 is 34.3 Å². The molecule has 0 aromatic heterocycles. The lowest BCUT2D eigenvalue weighted by Gasteiger charge is -2.70. The van der Waals surface area contributed by atoms with Gasteiger partial charge in [0.05, 0.1) is 37.1 Å². The van der Waals surface area contributed by atoms with Gasteiger partial charge in [0.25, 0.3) is 0 Å². The van der Waals surface area contributed by atoms with E-state index in [4.69, 9.17) is 18.9 Å². The first-order valence-electron chi connectivity index (χ1n) is 12.7. The predicted molar refractivity (Wildman–Crippen MR) is 119 cm³/mol. The van der Waals surface area contributed by atoms with E-state index in [9.17, 15) is 15.3 Å². The van der Waals surface area contributed by atoms with Crippen molar-refractivity contribution in [3.63, 3.8) is 0 Å². The van der Waals surface area contributed by atoms with Crippen LogP contribution in [-0.4, -0.2) is 110 Å². The lowest BCUT2D eigenvalue weighted by molar-refractivity contribution is -0.318. The maximum Gasteiger partial charge on any atom is 0.136 e. The number of nitrogens with zero attached hydrogens (tertiary/aromatic N) is 1. The van der Waals surface area contributed by atoms with Crippen LogP contribution in [0.2, 0.25) is 0 Å². The summed E-state index contributed by atoms with van der Waals surface area (Å²) < 4.78 is 24.2. The average molecular weight is 468 g/mol.